The third-order valence-electron chi connectivity index (χ3n) is 2.69. The van der Waals surface area contributed by atoms with Gasteiger partial charge in [-0.3, -0.25) is 4.79 Å². The maximum absolute atomic E-state index is 13.4. The van der Waals surface area contributed by atoms with Crippen molar-refractivity contribution in [2.75, 3.05) is 6.54 Å². The van der Waals surface area contributed by atoms with E-state index in [1.54, 1.807) is 6.92 Å². The van der Waals surface area contributed by atoms with Crippen LogP contribution in [0.25, 0.3) is 0 Å². The molecule has 0 saturated heterocycles. The van der Waals surface area contributed by atoms with Crippen molar-refractivity contribution in [2.24, 2.45) is 5.73 Å². The van der Waals surface area contributed by atoms with Crippen molar-refractivity contribution in [1.29, 1.82) is 0 Å². The van der Waals surface area contributed by atoms with Crippen molar-refractivity contribution >= 4 is 5.91 Å². The third kappa shape index (κ3) is 3.06. The second kappa shape index (κ2) is 6.65. The van der Waals surface area contributed by atoms with E-state index in [9.17, 15) is 26.7 Å². The Bertz CT molecular complexity index is 492. The van der Waals surface area contributed by atoms with Crippen LogP contribution in [0.5, 0.6) is 0 Å². The standard InChI is InChI=1S/C12H13F5N2O/c1-2-3-5(4-18)19-12(20)6-7(13)9(15)11(17)10(16)8(6)14/h5H,2-4,18H2,1H3,(H,19,20). The Morgan fingerprint density at radius 1 is 1.05 bits per heavy atom. The first-order valence-corrected chi connectivity index (χ1v) is 5.87. The van der Waals surface area contributed by atoms with Crippen LogP contribution in [0.1, 0.15) is 30.1 Å². The summed E-state index contributed by atoms with van der Waals surface area (Å²) in [5, 5.41) is 2.14. The van der Waals surface area contributed by atoms with Gasteiger partial charge in [0.05, 0.1) is 0 Å². The number of nitrogens with two attached hydrogens (primary N) is 1. The number of hydrogen-bond acceptors (Lipinski definition) is 2. The van der Waals surface area contributed by atoms with Crippen LogP contribution in [0, 0.1) is 29.1 Å². The molecule has 0 heterocycles. The van der Waals surface area contributed by atoms with Crippen molar-refractivity contribution in [3.63, 3.8) is 0 Å². The molecule has 0 bridgehead atoms. The van der Waals surface area contributed by atoms with Gasteiger partial charge in [-0.25, -0.2) is 22.0 Å². The normalized spacial score (nSPS) is 12.3. The van der Waals surface area contributed by atoms with E-state index in [1.807, 2.05) is 0 Å². The molecule has 0 aliphatic carbocycles. The molecule has 0 aliphatic rings. The second-order valence-corrected chi connectivity index (χ2v) is 4.14. The van der Waals surface area contributed by atoms with Crippen molar-refractivity contribution in [3.05, 3.63) is 34.6 Å². The molecule has 1 unspecified atom stereocenters. The van der Waals surface area contributed by atoms with Gasteiger partial charge in [0.25, 0.3) is 5.91 Å². The number of hydrogen-bond donors (Lipinski definition) is 2. The Kier molecular flexibility index (Phi) is 5.43. The minimum Gasteiger partial charge on any atom is -0.348 e. The Morgan fingerprint density at radius 2 is 1.50 bits per heavy atom. The van der Waals surface area contributed by atoms with Crippen molar-refractivity contribution in [1.82, 2.24) is 5.32 Å². The average Bonchev–Trinajstić information content (AvgIpc) is 2.42. The van der Waals surface area contributed by atoms with Crippen LogP contribution in [-0.4, -0.2) is 18.5 Å². The number of amides is 1. The molecule has 0 aliphatic heterocycles. The zero-order valence-corrected chi connectivity index (χ0v) is 10.6. The Balaban J connectivity index is 3.17. The molecular formula is C12H13F5N2O. The molecule has 1 aromatic carbocycles. The predicted molar refractivity (Wildman–Crippen MR) is 61.4 cm³/mol. The van der Waals surface area contributed by atoms with E-state index in [0.29, 0.717) is 12.8 Å². The van der Waals surface area contributed by atoms with Gasteiger partial charge in [0.1, 0.15) is 5.56 Å². The fourth-order valence-electron chi connectivity index (χ4n) is 1.66. The molecule has 0 aromatic heterocycles. The quantitative estimate of drug-likeness (QED) is 0.497. The van der Waals surface area contributed by atoms with Crippen molar-refractivity contribution in [3.8, 4) is 0 Å². The lowest BCUT2D eigenvalue weighted by Gasteiger charge is -2.16. The highest BCUT2D eigenvalue weighted by Crippen LogP contribution is 2.23. The van der Waals surface area contributed by atoms with Gasteiger partial charge >= 0.3 is 0 Å². The highest BCUT2D eigenvalue weighted by molar-refractivity contribution is 5.95. The van der Waals surface area contributed by atoms with Crippen LogP contribution in [0.3, 0.4) is 0 Å². The van der Waals surface area contributed by atoms with Gasteiger partial charge in [-0.05, 0) is 6.42 Å². The number of halogens is 5. The summed E-state index contributed by atoms with van der Waals surface area (Å²) >= 11 is 0. The fraction of sp³-hybridized carbons (Fsp3) is 0.417. The zero-order valence-electron chi connectivity index (χ0n) is 10.6. The Morgan fingerprint density at radius 3 is 1.90 bits per heavy atom. The van der Waals surface area contributed by atoms with E-state index in [1.165, 1.54) is 0 Å². The number of rotatable bonds is 5. The van der Waals surface area contributed by atoms with Gasteiger partial charge in [0, 0.05) is 12.6 Å². The van der Waals surface area contributed by atoms with Crippen molar-refractivity contribution < 1.29 is 26.7 Å². The van der Waals surface area contributed by atoms with Crippen LogP contribution in [0.4, 0.5) is 22.0 Å². The number of nitrogens with one attached hydrogen (secondary N) is 1. The highest BCUT2D eigenvalue weighted by atomic mass is 19.2. The highest BCUT2D eigenvalue weighted by Gasteiger charge is 2.30. The van der Waals surface area contributed by atoms with E-state index in [-0.39, 0.29) is 6.54 Å². The second-order valence-electron chi connectivity index (χ2n) is 4.14. The Hall–Kier alpha value is -1.70. The smallest absolute Gasteiger partial charge is 0.257 e. The monoisotopic (exact) mass is 296 g/mol. The summed E-state index contributed by atoms with van der Waals surface area (Å²) in [5.41, 5.74) is 3.83. The van der Waals surface area contributed by atoms with Gasteiger partial charge in [0.15, 0.2) is 23.3 Å². The first-order chi connectivity index (χ1) is 9.34. The minimum absolute atomic E-state index is 0.0189. The summed E-state index contributed by atoms with van der Waals surface area (Å²) in [6.07, 6.45) is 1.04. The molecule has 0 saturated carbocycles. The molecule has 3 nitrogen and oxygen atoms in total. The lowest BCUT2D eigenvalue weighted by molar-refractivity contribution is 0.0924. The fourth-order valence-corrected chi connectivity index (χ4v) is 1.66. The third-order valence-corrected chi connectivity index (χ3v) is 2.69. The van der Waals surface area contributed by atoms with Gasteiger partial charge in [-0.15, -0.1) is 0 Å². The predicted octanol–water partition coefficient (Wildman–Crippen LogP) is 2.24. The number of carbonyl (C=O) groups is 1. The van der Waals surface area contributed by atoms with Crippen LogP contribution in [0.15, 0.2) is 0 Å². The van der Waals surface area contributed by atoms with Gasteiger partial charge in [0.2, 0.25) is 5.82 Å². The molecule has 112 valence electrons. The molecule has 1 amide bonds. The minimum atomic E-state index is -2.31. The molecule has 0 radical (unpaired) electrons. The molecule has 20 heavy (non-hydrogen) atoms. The van der Waals surface area contributed by atoms with Gasteiger partial charge in [-0.1, -0.05) is 13.3 Å². The summed E-state index contributed by atoms with van der Waals surface area (Å²) in [7, 11) is 0. The number of carbonyl (C=O) groups excluding carboxylic acids is 1. The van der Waals surface area contributed by atoms with E-state index >= 15 is 0 Å². The largest absolute Gasteiger partial charge is 0.348 e. The van der Waals surface area contributed by atoms with E-state index in [4.69, 9.17) is 5.73 Å². The molecule has 8 heteroatoms. The lowest BCUT2D eigenvalue weighted by Crippen LogP contribution is -2.41. The zero-order chi connectivity index (χ0) is 15.4. The summed E-state index contributed by atoms with van der Waals surface area (Å²) in [6, 6.07) is -0.609. The van der Waals surface area contributed by atoms with Crippen LogP contribution in [0.2, 0.25) is 0 Å². The van der Waals surface area contributed by atoms with Gasteiger partial charge in [-0.2, -0.15) is 0 Å². The molecular weight excluding hydrogens is 283 g/mol. The molecule has 1 rings (SSSR count). The first-order valence-electron chi connectivity index (χ1n) is 5.87. The average molecular weight is 296 g/mol. The molecule has 1 aromatic rings. The van der Waals surface area contributed by atoms with E-state index in [2.05, 4.69) is 5.32 Å². The van der Waals surface area contributed by atoms with Crippen LogP contribution >= 0.6 is 0 Å². The topological polar surface area (TPSA) is 55.1 Å². The summed E-state index contributed by atoms with van der Waals surface area (Å²) in [4.78, 5) is 11.6. The maximum Gasteiger partial charge on any atom is 0.257 e. The number of benzene rings is 1. The summed E-state index contributed by atoms with van der Waals surface area (Å²) in [6.45, 7) is 1.77. The van der Waals surface area contributed by atoms with E-state index in [0.717, 1.165) is 0 Å². The summed E-state index contributed by atoms with van der Waals surface area (Å²) in [5.74, 6) is -12.3. The SMILES string of the molecule is CCCC(CN)NC(=O)c1c(F)c(F)c(F)c(F)c1F. The molecule has 0 fully saturated rings. The van der Waals surface area contributed by atoms with Crippen LogP contribution in [-0.2, 0) is 0 Å². The van der Waals surface area contributed by atoms with E-state index < -0.39 is 46.6 Å². The maximum atomic E-state index is 13.4. The molecule has 1 atom stereocenters. The summed E-state index contributed by atoms with van der Waals surface area (Å²) < 4.78 is 65.5. The van der Waals surface area contributed by atoms with Gasteiger partial charge < -0.3 is 11.1 Å². The Labute approximate surface area is 112 Å². The van der Waals surface area contributed by atoms with Crippen molar-refractivity contribution in [2.45, 2.75) is 25.8 Å². The molecule has 0 spiro atoms. The molecule has 3 N–H and O–H groups in total. The lowest BCUT2D eigenvalue weighted by atomic mass is 10.1. The van der Waals surface area contributed by atoms with Crippen LogP contribution < -0.4 is 11.1 Å². The first kappa shape index (κ1) is 16.4.